The van der Waals surface area contributed by atoms with Gasteiger partial charge in [0.1, 0.15) is 36.3 Å². The quantitative estimate of drug-likeness (QED) is 0.0189. The second-order valence-electron chi connectivity index (χ2n) is 27.6. The van der Waals surface area contributed by atoms with E-state index in [-0.39, 0.29) is 47.8 Å². The number of aliphatic hydroxyl groups excluding tert-OH is 2. The Morgan fingerprint density at radius 3 is 1.43 bits per heavy atom. The number of unbranched alkanes of at least 4 members (excludes halogenated alkanes) is 2. The van der Waals surface area contributed by atoms with E-state index in [1.807, 2.05) is 113 Å². The highest BCUT2D eigenvalue weighted by Crippen LogP contribution is 2.43. The minimum atomic E-state index is -1.20. The van der Waals surface area contributed by atoms with Crippen LogP contribution in [0.1, 0.15) is 161 Å². The summed E-state index contributed by atoms with van der Waals surface area (Å²) in [5.41, 5.74) is 16.4. The van der Waals surface area contributed by atoms with Gasteiger partial charge >= 0.3 is 24.1 Å². The van der Waals surface area contributed by atoms with Crippen LogP contribution in [-0.4, -0.2) is 241 Å². The minimum absolute atomic E-state index is 0.0469. The Labute approximate surface area is 551 Å². The molecule has 27 heteroatoms. The summed E-state index contributed by atoms with van der Waals surface area (Å²) < 4.78 is 49.2. The van der Waals surface area contributed by atoms with Crippen molar-refractivity contribution < 1.29 is 76.9 Å². The van der Waals surface area contributed by atoms with Gasteiger partial charge in [-0.25, -0.2) is 9.59 Å². The van der Waals surface area contributed by atoms with Gasteiger partial charge in [-0.2, -0.15) is 0 Å². The predicted octanol–water partition coefficient (Wildman–Crippen LogP) is 8.92. The van der Waals surface area contributed by atoms with E-state index in [2.05, 4.69) is 31.9 Å². The molecule has 93 heavy (non-hydrogen) atoms. The molecule has 0 spiro atoms. The molecule has 0 aliphatic carbocycles. The van der Waals surface area contributed by atoms with E-state index < -0.39 is 120 Å². The Morgan fingerprint density at radius 1 is 0.634 bits per heavy atom. The van der Waals surface area contributed by atoms with Crippen molar-refractivity contribution in [2.75, 3.05) is 68.0 Å². The Bertz CT molecular complexity index is 2710. The van der Waals surface area contributed by atoms with Gasteiger partial charge in [0, 0.05) is 72.5 Å². The average molecular weight is 1310 g/mol. The van der Waals surface area contributed by atoms with E-state index in [1.165, 1.54) is 13.8 Å². The summed E-state index contributed by atoms with van der Waals surface area (Å²) in [6.07, 6.45) is 1.51. The van der Waals surface area contributed by atoms with Crippen molar-refractivity contribution in [3.05, 3.63) is 44.2 Å². The van der Waals surface area contributed by atoms with Crippen molar-refractivity contribution in [1.82, 2.24) is 24.5 Å². The molecule has 6 aliphatic rings. The van der Waals surface area contributed by atoms with Gasteiger partial charge < -0.3 is 62.8 Å². The molecule has 0 aromatic heterocycles. The van der Waals surface area contributed by atoms with Crippen molar-refractivity contribution in [3.8, 4) is 0 Å². The fraction of sp³-hybridized carbons (Fsp3) is 0.848. The van der Waals surface area contributed by atoms with E-state index in [0.717, 1.165) is 11.1 Å². The van der Waals surface area contributed by atoms with Crippen LogP contribution in [0.5, 0.6) is 0 Å². The van der Waals surface area contributed by atoms with Crippen molar-refractivity contribution in [2.24, 2.45) is 39.8 Å². The highest BCUT2D eigenvalue weighted by Gasteiger charge is 2.60. The molecular weight excluding hydrogens is 1200 g/mol. The van der Waals surface area contributed by atoms with Crippen molar-refractivity contribution in [1.29, 1.82) is 0 Å². The molecule has 6 heterocycles. The maximum absolute atomic E-state index is 13.9. The number of rotatable bonds is 18. The summed E-state index contributed by atoms with van der Waals surface area (Å²) in [5.74, 6) is -5.88. The second kappa shape index (κ2) is 35.0. The van der Waals surface area contributed by atoms with E-state index in [4.69, 9.17) is 49.0 Å². The first-order chi connectivity index (χ1) is 43.8. The lowest BCUT2D eigenvalue weighted by atomic mass is 9.79. The third kappa shape index (κ3) is 18.8. The molecule has 0 saturated carbocycles. The highest BCUT2D eigenvalue weighted by atomic mass is 16.7. The van der Waals surface area contributed by atoms with E-state index in [0.29, 0.717) is 96.9 Å². The monoisotopic (exact) mass is 1310 g/mol. The minimum Gasteiger partial charge on any atom is -0.458 e. The van der Waals surface area contributed by atoms with Gasteiger partial charge in [0.15, 0.2) is 35.3 Å². The first-order valence-electron chi connectivity index (χ1n) is 33.6. The van der Waals surface area contributed by atoms with E-state index in [1.54, 1.807) is 30.6 Å². The molecular formula is C66H111N11O16. The Morgan fingerprint density at radius 2 is 1.03 bits per heavy atom. The summed E-state index contributed by atoms with van der Waals surface area (Å²) in [6.45, 7) is 27.5. The van der Waals surface area contributed by atoms with Gasteiger partial charge in [0.05, 0.1) is 36.5 Å². The molecule has 4 saturated heterocycles. The number of cyclic esters (lactones) is 2. The van der Waals surface area contributed by atoms with Crippen LogP contribution in [0, 0.1) is 29.6 Å². The molecule has 2 amide bonds. The Hall–Kier alpha value is -5.44. The van der Waals surface area contributed by atoms with Crippen LogP contribution >= 0.6 is 0 Å². The van der Waals surface area contributed by atoms with Crippen LogP contribution in [0.3, 0.4) is 0 Å². The number of amides is 2. The number of carbonyl (C=O) groups excluding carboxylic acids is 6. The van der Waals surface area contributed by atoms with Crippen LogP contribution < -0.4 is 0 Å². The molecule has 4 fully saturated rings. The number of azide groups is 2. The topological polar surface area (TPSA) is 330 Å². The summed E-state index contributed by atoms with van der Waals surface area (Å²) in [6, 6.07) is -1.53. The lowest BCUT2D eigenvalue weighted by molar-refractivity contribution is -0.267. The number of ether oxygens (including phenoxy) is 8. The molecule has 22 atom stereocenters. The number of ketones is 2. The number of likely N-dealkylation sites (N-methyl/N-ethyl adjacent to an activating group) is 3. The third-order valence-electron chi connectivity index (χ3n) is 20.3. The standard InChI is InChI=1S/C33H56N6O8.C33H55N5O8/c1-11-25-33(7)29(39(32(43)47-33)16-13-12-15-35-36-34)23(6)38(10)17-14-19(2)28(21(4)26(40)22(5)30(42)45-25)46-31-27(41)24(37(8)9)18-20(3)44-31;1-10-25-33(7)29(38(32(42)46-33)17-12-11-16-35-36-34)20(3)15-13-14-19(2)28(22(5)26(39)23(6)30(41)44-25)45-31-27(40)24(37(8)9)18-21(4)43-31/h14,20-25,27-29,31,41H,11-13,15-18H2,1-10H3;14,20-25,27-29,31,40H,10-13,15-18H2,1-9H3/b2*19-14+/t20?,21-,22+,23+,24?,25+,27?,28-,29+,31-,33+;20-,21?,22-,23+,24?,25+,27?,28-,29+,31-,33+/m00/s1. The summed E-state index contributed by atoms with van der Waals surface area (Å²) >= 11 is 0. The SMILES string of the molecule is CC[C@H]1OC(=O)[C@H](C)C(=O)[C@H](C)[C@@H](O[C@@H]2OC(C)CC(N(C)C)C2O)/C(C)=C/CC[C@H](C)[C@H]2N(CCCCN=[N+]=[N-])C(=O)O[C@]12C.CC[C@H]1OC(=O)[C@H](C)C(=O)[C@H](C)[C@@H](O[C@@H]2OC(C)CC(N(C)C)C2O)/C(C)=C/CN(C)[C@H](C)[C@H]2N(CCCCN=[N+]=[N-])C(=O)O[C@]12C. The van der Waals surface area contributed by atoms with Gasteiger partial charge in [-0.15, -0.1) is 0 Å². The van der Waals surface area contributed by atoms with E-state index in [9.17, 15) is 39.0 Å². The molecule has 27 nitrogen and oxygen atoms in total. The molecule has 2 N–H and O–H groups in total. The van der Waals surface area contributed by atoms with Gasteiger partial charge in [-0.1, -0.05) is 57.0 Å². The van der Waals surface area contributed by atoms with Crippen molar-refractivity contribution in [2.45, 2.75) is 264 Å². The van der Waals surface area contributed by atoms with Crippen molar-refractivity contribution >= 4 is 35.7 Å². The number of Topliss-reactive ketones (excluding diaryl/α,β-unsaturated/α-hetero) is 2. The summed E-state index contributed by atoms with van der Waals surface area (Å²) in [4.78, 5) is 96.7. The molecule has 0 aromatic rings. The third-order valence-corrected chi connectivity index (χ3v) is 20.3. The average Bonchev–Trinajstić information content (AvgIpc) is 1.63. The Kier molecular flexibility index (Phi) is 29.4. The number of hydrogen-bond acceptors (Lipinski definition) is 21. The zero-order valence-corrected chi connectivity index (χ0v) is 58.8. The van der Waals surface area contributed by atoms with Crippen LogP contribution in [0.4, 0.5) is 9.59 Å². The lowest BCUT2D eigenvalue weighted by Crippen LogP contribution is -2.61. The molecule has 0 radical (unpaired) electrons. The number of allylic oxidation sites excluding steroid dienone is 1. The number of aliphatic hydroxyl groups is 2. The highest BCUT2D eigenvalue weighted by molar-refractivity contribution is 6.00. The van der Waals surface area contributed by atoms with Crippen LogP contribution in [0.25, 0.3) is 20.9 Å². The number of hydrogen-bond donors (Lipinski definition) is 2. The smallest absolute Gasteiger partial charge is 0.410 e. The fourth-order valence-electron chi connectivity index (χ4n) is 14.6. The Balaban J connectivity index is 0.000000337. The molecule has 0 bridgehead atoms. The van der Waals surface area contributed by atoms with Gasteiger partial charge in [-0.3, -0.25) is 29.0 Å². The zero-order valence-electron chi connectivity index (χ0n) is 58.8. The molecule has 6 rings (SSSR count). The molecule has 6 unspecified atom stereocenters. The van der Waals surface area contributed by atoms with Gasteiger partial charge in [0.2, 0.25) is 0 Å². The fourth-order valence-corrected chi connectivity index (χ4v) is 14.6. The van der Waals surface area contributed by atoms with Crippen LogP contribution in [0.2, 0.25) is 0 Å². The first kappa shape index (κ1) is 78.3. The number of carbonyl (C=O) groups is 6. The first-order valence-corrected chi connectivity index (χ1v) is 33.6. The molecule has 526 valence electrons. The number of esters is 2. The van der Waals surface area contributed by atoms with Gasteiger partial charge in [-0.05, 0) is 190 Å². The van der Waals surface area contributed by atoms with Crippen molar-refractivity contribution in [3.63, 3.8) is 0 Å². The number of fused-ring (bicyclic) bond motifs is 2. The summed E-state index contributed by atoms with van der Waals surface area (Å²) in [5, 5.41) is 29.6. The molecule has 6 aliphatic heterocycles. The maximum atomic E-state index is 13.9. The van der Waals surface area contributed by atoms with E-state index >= 15 is 0 Å². The number of nitrogens with zero attached hydrogens (tertiary/aromatic N) is 11. The largest absolute Gasteiger partial charge is 0.458 e. The zero-order chi connectivity index (χ0) is 69.6. The van der Waals surface area contributed by atoms with Crippen LogP contribution in [-0.2, 0) is 57.1 Å². The maximum Gasteiger partial charge on any atom is 0.410 e. The predicted molar refractivity (Wildman–Crippen MR) is 347 cm³/mol. The normalized spacial score (nSPS) is 39.0. The summed E-state index contributed by atoms with van der Waals surface area (Å²) in [7, 11) is 9.54. The molecule has 0 aromatic carbocycles. The van der Waals surface area contributed by atoms with Crippen LogP contribution in [0.15, 0.2) is 33.5 Å². The van der Waals surface area contributed by atoms with Gasteiger partial charge in [0.25, 0.3) is 0 Å². The lowest BCUT2D eigenvalue weighted by Gasteiger charge is -2.43. The second-order valence-corrected chi connectivity index (χ2v) is 27.6.